The van der Waals surface area contributed by atoms with Gasteiger partial charge in [0.15, 0.2) is 5.82 Å². The van der Waals surface area contributed by atoms with Crippen molar-refractivity contribution in [3.63, 3.8) is 0 Å². The molecule has 0 amide bonds. The molecule has 1 heterocycles. The predicted octanol–water partition coefficient (Wildman–Crippen LogP) is 3.64. The van der Waals surface area contributed by atoms with Gasteiger partial charge in [0.25, 0.3) is 0 Å². The van der Waals surface area contributed by atoms with E-state index >= 15 is 0 Å². The smallest absolute Gasteiger partial charge is 0.187 e. The predicted molar refractivity (Wildman–Crippen MR) is 86.4 cm³/mol. The second-order valence-corrected chi connectivity index (χ2v) is 5.76. The Bertz CT molecular complexity index is 815. The Morgan fingerprint density at radius 1 is 1.24 bits per heavy atom. The minimum Gasteiger partial charge on any atom is -0.399 e. The summed E-state index contributed by atoms with van der Waals surface area (Å²) < 4.78 is 2.39. The van der Waals surface area contributed by atoms with E-state index in [4.69, 9.17) is 17.3 Å². The van der Waals surface area contributed by atoms with Crippen LogP contribution in [0.4, 0.5) is 5.69 Å². The molecule has 0 aliphatic carbocycles. The van der Waals surface area contributed by atoms with E-state index in [0.717, 1.165) is 21.3 Å². The molecule has 3 aromatic rings. The summed E-state index contributed by atoms with van der Waals surface area (Å²) in [7, 11) is 0. The van der Waals surface area contributed by atoms with Crippen molar-refractivity contribution in [3.8, 4) is 17.1 Å². The number of anilines is 1. The lowest BCUT2D eigenvalue weighted by Gasteiger charge is -2.10. The number of aromatic nitrogens is 4. The molecule has 1 aromatic heterocycles. The third-order valence-electron chi connectivity index (χ3n) is 3.12. The third kappa shape index (κ3) is 2.52. The molecule has 0 atom stereocenters. The summed E-state index contributed by atoms with van der Waals surface area (Å²) in [5.41, 5.74) is 9.20. The number of halogens is 2. The van der Waals surface area contributed by atoms with Gasteiger partial charge in [-0.3, -0.25) is 0 Å². The van der Waals surface area contributed by atoms with Crippen LogP contribution in [-0.2, 0) is 0 Å². The van der Waals surface area contributed by atoms with Gasteiger partial charge in [-0.05, 0) is 69.2 Å². The molecule has 0 saturated heterocycles. The maximum Gasteiger partial charge on any atom is 0.187 e. The average Bonchev–Trinajstić information content (AvgIpc) is 2.91. The van der Waals surface area contributed by atoms with Crippen LogP contribution in [0.2, 0.25) is 5.02 Å². The fraction of sp³-hybridized carbons (Fsp3) is 0.0714. The van der Waals surface area contributed by atoms with Crippen LogP contribution in [0.3, 0.4) is 0 Å². The summed E-state index contributed by atoms with van der Waals surface area (Å²) in [6, 6.07) is 11.2. The van der Waals surface area contributed by atoms with Gasteiger partial charge in [-0.15, -0.1) is 5.10 Å². The first-order valence-electron chi connectivity index (χ1n) is 6.17. The van der Waals surface area contributed by atoms with E-state index in [1.165, 1.54) is 0 Å². The largest absolute Gasteiger partial charge is 0.399 e. The Morgan fingerprint density at radius 2 is 2.05 bits per heavy atom. The minimum atomic E-state index is 0.600. The van der Waals surface area contributed by atoms with E-state index in [9.17, 15) is 0 Å². The normalized spacial score (nSPS) is 10.8. The van der Waals surface area contributed by atoms with Crippen molar-refractivity contribution in [2.75, 3.05) is 5.73 Å². The first kappa shape index (κ1) is 14.0. The second-order valence-electron chi connectivity index (χ2n) is 4.56. The van der Waals surface area contributed by atoms with Gasteiger partial charge >= 0.3 is 0 Å². The van der Waals surface area contributed by atoms with Crippen molar-refractivity contribution in [1.82, 2.24) is 20.2 Å². The number of nitrogen functional groups attached to an aromatic ring is 1. The highest BCUT2D eigenvalue weighted by Gasteiger charge is 2.16. The topological polar surface area (TPSA) is 69.6 Å². The summed E-state index contributed by atoms with van der Waals surface area (Å²) in [6.45, 7) is 1.97. The molecule has 0 fully saturated rings. The lowest BCUT2D eigenvalue weighted by Crippen LogP contribution is -2.02. The molecular formula is C14H11BrClN5. The molecule has 7 heteroatoms. The van der Waals surface area contributed by atoms with Crippen LogP contribution in [0, 0.1) is 6.92 Å². The molecule has 0 bridgehead atoms. The van der Waals surface area contributed by atoms with Gasteiger partial charge in [0, 0.05) is 11.3 Å². The maximum absolute atomic E-state index is 6.14. The number of nitrogens with two attached hydrogens (primary N) is 1. The first-order chi connectivity index (χ1) is 10.1. The number of tetrazole rings is 1. The summed E-state index contributed by atoms with van der Waals surface area (Å²) in [4.78, 5) is 0. The van der Waals surface area contributed by atoms with E-state index in [1.54, 1.807) is 10.7 Å². The number of nitrogens with zero attached hydrogens (tertiary/aromatic N) is 4. The summed E-state index contributed by atoms with van der Waals surface area (Å²) in [5.74, 6) is 0.635. The highest BCUT2D eigenvalue weighted by atomic mass is 79.9. The summed E-state index contributed by atoms with van der Waals surface area (Å²) >= 11 is 9.61. The first-order valence-corrected chi connectivity index (χ1v) is 7.34. The highest BCUT2D eigenvalue weighted by molar-refractivity contribution is 9.10. The Balaban J connectivity index is 2.20. The standard InChI is InChI=1S/C14H11BrClN5/c1-8-7-9(17)5-6-10(8)14-18-19-20-21(14)12-4-2-3-11(16)13(12)15/h2-7H,17H2,1H3. The zero-order chi connectivity index (χ0) is 15.0. The van der Waals surface area contributed by atoms with Gasteiger partial charge in [0.1, 0.15) is 0 Å². The van der Waals surface area contributed by atoms with Crippen LogP contribution in [0.25, 0.3) is 17.1 Å². The monoisotopic (exact) mass is 363 g/mol. The quantitative estimate of drug-likeness (QED) is 0.705. The van der Waals surface area contributed by atoms with E-state index in [1.807, 2.05) is 37.3 Å². The number of hydrogen-bond donors (Lipinski definition) is 1. The number of rotatable bonds is 2. The zero-order valence-corrected chi connectivity index (χ0v) is 13.4. The van der Waals surface area contributed by atoms with Crippen molar-refractivity contribution in [2.45, 2.75) is 6.92 Å². The number of aryl methyl sites for hydroxylation is 1. The van der Waals surface area contributed by atoms with Crippen LogP contribution in [0.5, 0.6) is 0 Å². The van der Waals surface area contributed by atoms with Gasteiger partial charge in [0.2, 0.25) is 0 Å². The van der Waals surface area contributed by atoms with Gasteiger partial charge in [0.05, 0.1) is 15.2 Å². The van der Waals surface area contributed by atoms with Crippen molar-refractivity contribution >= 4 is 33.2 Å². The van der Waals surface area contributed by atoms with Gasteiger partial charge in [-0.25, -0.2) is 0 Å². The van der Waals surface area contributed by atoms with Crippen LogP contribution < -0.4 is 5.73 Å². The average molecular weight is 365 g/mol. The van der Waals surface area contributed by atoms with Gasteiger partial charge in [-0.2, -0.15) is 4.68 Å². The molecule has 0 aliphatic rings. The molecule has 2 aromatic carbocycles. The zero-order valence-electron chi connectivity index (χ0n) is 11.1. The van der Waals surface area contributed by atoms with Crippen LogP contribution >= 0.6 is 27.5 Å². The number of benzene rings is 2. The fourth-order valence-corrected chi connectivity index (χ4v) is 2.71. The third-order valence-corrected chi connectivity index (χ3v) is 4.50. The molecular weight excluding hydrogens is 354 g/mol. The molecule has 5 nitrogen and oxygen atoms in total. The van der Waals surface area contributed by atoms with Crippen molar-refractivity contribution in [3.05, 3.63) is 51.5 Å². The van der Waals surface area contributed by atoms with E-state index in [-0.39, 0.29) is 0 Å². The Hall–Kier alpha value is -1.92. The summed E-state index contributed by atoms with van der Waals surface area (Å²) in [6.07, 6.45) is 0. The molecule has 0 unspecified atom stereocenters. The van der Waals surface area contributed by atoms with E-state index in [2.05, 4.69) is 31.5 Å². The second kappa shape index (κ2) is 5.46. The molecule has 0 radical (unpaired) electrons. The van der Waals surface area contributed by atoms with Gasteiger partial charge in [-0.1, -0.05) is 17.7 Å². The van der Waals surface area contributed by atoms with E-state index < -0.39 is 0 Å². The lowest BCUT2D eigenvalue weighted by molar-refractivity contribution is 0.789. The molecule has 3 rings (SSSR count). The van der Waals surface area contributed by atoms with E-state index in [0.29, 0.717) is 16.5 Å². The maximum atomic E-state index is 6.14. The van der Waals surface area contributed by atoms with Crippen LogP contribution in [-0.4, -0.2) is 20.2 Å². The molecule has 0 saturated carbocycles. The molecule has 21 heavy (non-hydrogen) atoms. The fourth-order valence-electron chi connectivity index (χ4n) is 2.11. The molecule has 2 N–H and O–H groups in total. The highest BCUT2D eigenvalue weighted by Crippen LogP contribution is 2.31. The van der Waals surface area contributed by atoms with Crippen molar-refractivity contribution in [1.29, 1.82) is 0 Å². The molecule has 0 spiro atoms. The molecule has 0 aliphatic heterocycles. The van der Waals surface area contributed by atoms with Crippen LogP contribution in [0.15, 0.2) is 40.9 Å². The van der Waals surface area contributed by atoms with Crippen molar-refractivity contribution in [2.24, 2.45) is 0 Å². The summed E-state index contributed by atoms with van der Waals surface area (Å²) in [5, 5.41) is 12.6. The Kier molecular flexibility index (Phi) is 3.65. The Labute approximate surface area is 134 Å². The van der Waals surface area contributed by atoms with Crippen LogP contribution in [0.1, 0.15) is 5.56 Å². The van der Waals surface area contributed by atoms with Crippen molar-refractivity contribution < 1.29 is 0 Å². The minimum absolute atomic E-state index is 0.600. The Morgan fingerprint density at radius 3 is 2.81 bits per heavy atom. The number of hydrogen-bond acceptors (Lipinski definition) is 4. The lowest BCUT2D eigenvalue weighted by atomic mass is 10.1. The molecule has 106 valence electrons. The van der Waals surface area contributed by atoms with Gasteiger partial charge < -0.3 is 5.73 Å². The SMILES string of the molecule is Cc1cc(N)ccc1-c1nnnn1-c1cccc(Cl)c1Br.